The fraction of sp³-hybridized carbons (Fsp3) is 0.727. The molecule has 5 heteroatoms. The molecule has 2 atom stereocenters. The van der Waals surface area contributed by atoms with Crippen LogP contribution in [0.2, 0.25) is 0 Å². The predicted octanol–water partition coefficient (Wildman–Crippen LogP) is 3.49. The molecule has 1 aliphatic heterocycles. The fourth-order valence-corrected chi connectivity index (χ4v) is 4.96. The quantitative estimate of drug-likeness (QED) is 0.630. The number of rotatable bonds is 4. The molecule has 1 saturated heterocycles. The molecule has 0 aromatic carbocycles. The van der Waals surface area contributed by atoms with Gasteiger partial charge in [-0.15, -0.1) is 0 Å². The minimum atomic E-state index is 0.504. The van der Waals surface area contributed by atoms with E-state index in [1.165, 1.54) is 38.5 Å². The summed E-state index contributed by atoms with van der Waals surface area (Å²) in [7, 11) is 1.90. The largest absolute Gasteiger partial charge is 0.356 e. The van der Waals surface area contributed by atoms with Crippen molar-refractivity contribution in [2.24, 2.45) is 16.8 Å². The second-order valence-electron chi connectivity index (χ2n) is 8.66. The highest BCUT2D eigenvalue weighted by Crippen LogP contribution is 2.44. The van der Waals surface area contributed by atoms with E-state index >= 15 is 0 Å². The van der Waals surface area contributed by atoms with Crippen molar-refractivity contribution in [3.8, 4) is 0 Å². The van der Waals surface area contributed by atoms with Crippen molar-refractivity contribution < 1.29 is 0 Å². The number of piperidine rings is 1. The number of aryl methyl sites for hydroxylation is 1. The average Bonchev–Trinajstić information content (AvgIpc) is 3.48. The number of anilines is 1. The number of aliphatic imine (C=N–C) groups is 1. The van der Waals surface area contributed by atoms with Gasteiger partial charge in [0.1, 0.15) is 5.82 Å². The zero-order valence-electron chi connectivity index (χ0n) is 17.0. The lowest BCUT2D eigenvalue weighted by atomic mass is 9.85. The molecule has 2 aliphatic carbocycles. The molecular formula is C22H35N5. The normalized spacial score (nSPS) is 27.5. The molecule has 2 saturated carbocycles. The monoisotopic (exact) mass is 369 g/mol. The van der Waals surface area contributed by atoms with Gasteiger partial charge in [-0.1, -0.05) is 38.2 Å². The Labute approximate surface area is 164 Å². The standard InChI is InChI=1S/C22H35N5/c1-16-7-6-10-21(24-16)27-13-11-18(12-14-27)25-22(23-2)26-20-15-19(20)17-8-4-3-5-9-17/h6-7,10,17-20H,3-5,8-9,11-15H2,1-2H3,(H2,23,25,26). The van der Waals surface area contributed by atoms with E-state index in [2.05, 4.69) is 50.6 Å². The molecular weight excluding hydrogens is 334 g/mol. The summed E-state index contributed by atoms with van der Waals surface area (Å²) in [6, 6.07) is 7.44. The third kappa shape index (κ3) is 4.74. The molecule has 1 aromatic rings. The van der Waals surface area contributed by atoms with Crippen LogP contribution in [0, 0.1) is 18.8 Å². The average molecular weight is 370 g/mol. The molecule has 0 bridgehead atoms. The Balaban J connectivity index is 1.22. The van der Waals surface area contributed by atoms with Crippen LogP contribution in [-0.2, 0) is 0 Å². The number of pyridine rings is 1. The molecule has 2 heterocycles. The Morgan fingerprint density at radius 3 is 2.56 bits per heavy atom. The Kier molecular flexibility index (Phi) is 5.84. The smallest absolute Gasteiger partial charge is 0.191 e. The number of guanidine groups is 1. The minimum Gasteiger partial charge on any atom is -0.356 e. The first-order valence-corrected chi connectivity index (χ1v) is 10.9. The molecule has 2 N–H and O–H groups in total. The van der Waals surface area contributed by atoms with E-state index in [-0.39, 0.29) is 0 Å². The van der Waals surface area contributed by atoms with E-state index in [1.54, 1.807) is 0 Å². The van der Waals surface area contributed by atoms with Crippen LogP contribution in [0.1, 0.15) is 57.1 Å². The van der Waals surface area contributed by atoms with Crippen LogP contribution in [0.5, 0.6) is 0 Å². The first-order valence-electron chi connectivity index (χ1n) is 10.9. The van der Waals surface area contributed by atoms with Crippen LogP contribution < -0.4 is 15.5 Å². The fourth-order valence-electron chi connectivity index (χ4n) is 4.96. The van der Waals surface area contributed by atoms with E-state index in [0.29, 0.717) is 12.1 Å². The van der Waals surface area contributed by atoms with Crippen molar-refractivity contribution in [1.29, 1.82) is 0 Å². The van der Waals surface area contributed by atoms with Gasteiger partial charge in [0.05, 0.1) is 0 Å². The highest BCUT2D eigenvalue weighted by Gasteiger charge is 2.43. The zero-order chi connectivity index (χ0) is 18.6. The van der Waals surface area contributed by atoms with Crippen molar-refractivity contribution >= 4 is 11.8 Å². The lowest BCUT2D eigenvalue weighted by Gasteiger charge is -2.34. The highest BCUT2D eigenvalue weighted by molar-refractivity contribution is 5.80. The summed E-state index contributed by atoms with van der Waals surface area (Å²) < 4.78 is 0. The number of nitrogens with zero attached hydrogens (tertiary/aromatic N) is 3. The number of hydrogen-bond donors (Lipinski definition) is 2. The van der Waals surface area contributed by atoms with Gasteiger partial charge >= 0.3 is 0 Å². The van der Waals surface area contributed by atoms with Gasteiger partial charge in [0.2, 0.25) is 0 Å². The third-order valence-electron chi connectivity index (χ3n) is 6.67. The maximum Gasteiger partial charge on any atom is 0.191 e. The first-order chi connectivity index (χ1) is 13.2. The predicted molar refractivity (Wildman–Crippen MR) is 112 cm³/mol. The van der Waals surface area contributed by atoms with E-state index in [9.17, 15) is 0 Å². The van der Waals surface area contributed by atoms with Gasteiger partial charge in [0.25, 0.3) is 0 Å². The van der Waals surface area contributed by atoms with Crippen molar-refractivity contribution in [2.45, 2.75) is 70.4 Å². The SMILES string of the molecule is CN=C(NC1CCN(c2cccc(C)n2)CC1)NC1CC1C1CCCCC1. The molecule has 2 unspecified atom stereocenters. The van der Waals surface area contributed by atoms with Crippen molar-refractivity contribution in [1.82, 2.24) is 15.6 Å². The summed E-state index contributed by atoms with van der Waals surface area (Å²) in [6.45, 7) is 4.17. The van der Waals surface area contributed by atoms with Gasteiger partial charge in [-0.05, 0) is 50.2 Å². The van der Waals surface area contributed by atoms with E-state index < -0.39 is 0 Å². The van der Waals surface area contributed by atoms with E-state index in [4.69, 9.17) is 0 Å². The molecule has 0 spiro atoms. The van der Waals surface area contributed by atoms with Gasteiger partial charge in [-0.2, -0.15) is 0 Å². The van der Waals surface area contributed by atoms with Crippen molar-refractivity contribution in [3.05, 3.63) is 23.9 Å². The van der Waals surface area contributed by atoms with Crippen LogP contribution in [0.3, 0.4) is 0 Å². The summed E-state index contributed by atoms with van der Waals surface area (Å²) >= 11 is 0. The van der Waals surface area contributed by atoms with Crippen LogP contribution in [0.4, 0.5) is 5.82 Å². The molecule has 3 fully saturated rings. The van der Waals surface area contributed by atoms with E-state index in [1.807, 2.05) is 7.05 Å². The number of aromatic nitrogens is 1. The molecule has 27 heavy (non-hydrogen) atoms. The van der Waals surface area contributed by atoms with Crippen LogP contribution >= 0.6 is 0 Å². The van der Waals surface area contributed by atoms with E-state index in [0.717, 1.165) is 55.2 Å². The summed E-state index contributed by atoms with van der Waals surface area (Å²) in [6.07, 6.45) is 10.8. The van der Waals surface area contributed by atoms with Crippen molar-refractivity contribution in [2.75, 3.05) is 25.0 Å². The summed E-state index contributed by atoms with van der Waals surface area (Å²) in [5, 5.41) is 7.37. The van der Waals surface area contributed by atoms with Gasteiger partial charge < -0.3 is 15.5 Å². The highest BCUT2D eigenvalue weighted by atomic mass is 15.2. The Morgan fingerprint density at radius 1 is 1.07 bits per heavy atom. The summed E-state index contributed by atoms with van der Waals surface area (Å²) in [4.78, 5) is 11.6. The second-order valence-corrected chi connectivity index (χ2v) is 8.66. The van der Waals surface area contributed by atoms with Gasteiger partial charge in [-0.3, -0.25) is 4.99 Å². The maximum atomic E-state index is 4.67. The zero-order valence-corrected chi connectivity index (χ0v) is 17.0. The number of nitrogens with one attached hydrogen (secondary N) is 2. The first kappa shape index (κ1) is 18.6. The summed E-state index contributed by atoms with van der Waals surface area (Å²) in [5.41, 5.74) is 1.09. The topological polar surface area (TPSA) is 52.6 Å². The van der Waals surface area contributed by atoms with Crippen molar-refractivity contribution in [3.63, 3.8) is 0 Å². The maximum absolute atomic E-state index is 4.67. The van der Waals surface area contributed by atoms with Gasteiger partial charge in [-0.25, -0.2) is 4.98 Å². The molecule has 1 aromatic heterocycles. The minimum absolute atomic E-state index is 0.504. The molecule has 5 nitrogen and oxygen atoms in total. The molecule has 0 amide bonds. The molecule has 4 rings (SSSR count). The van der Waals surface area contributed by atoms with Crippen LogP contribution in [0.25, 0.3) is 0 Å². The molecule has 0 radical (unpaired) electrons. The lowest BCUT2D eigenvalue weighted by molar-refractivity contribution is 0.315. The second kappa shape index (κ2) is 8.49. The van der Waals surface area contributed by atoms with Gasteiger partial charge in [0.15, 0.2) is 5.96 Å². The Morgan fingerprint density at radius 2 is 1.85 bits per heavy atom. The molecule has 3 aliphatic rings. The Bertz CT molecular complexity index is 644. The van der Waals surface area contributed by atoms with Crippen LogP contribution in [0.15, 0.2) is 23.2 Å². The molecule has 148 valence electrons. The summed E-state index contributed by atoms with van der Waals surface area (Å²) in [5.74, 6) is 3.97. The van der Waals surface area contributed by atoms with Crippen LogP contribution in [-0.4, -0.2) is 43.2 Å². The van der Waals surface area contributed by atoms with Gasteiger partial charge in [0, 0.05) is 37.9 Å². The number of hydrogen-bond acceptors (Lipinski definition) is 3. The third-order valence-corrected chi connectivity index (χ3v) is 6.67. The lowest BCUT2D eigenvalue weighted by Crippen LogP contribution is -2.49. The Hall–Kier alpha value is -1.78.